The summed E-state index contributed by atoms with van der Waals surface area (Å²) in [5, 5.41) is 3.85. The lowest BCUT2D eigenvalue weighted by molar-refractivity contribution is 0.570. The minimum atomic E-state index is -0.903. The zero-order valence-electron chi connectivity index (χ0n) is 13.4. The SMILES string of the molecule is CN(Cc1nccn1C)c1cnn(-c2ccc(F)cc2F)c(=O)c1Cl. The van der Waals surface area contributed by atoms with E-state index in [0.29, 0.717) is 18.3 Å². The molecule has 9 heteroatoms. The van der Waals surface area contributed by atoms with Crippen molar-refractivity contribution in [2.24, 2.45) is 7.05 Å². The topological polar surface area (TPSA) is 56.0 Å². The molecule has 0 bridgehead atoms. The smallest absolute Gasteiger partial charge is 0.292 e. The Morgan fingerprint density at radius 2 is 2.08 bits per heavy atom. The van der Waals surface area contributed by atoms with Gasteiger partial charge in [-0.25, -0.2) is 13.8 Å². The number of benzene rings is 1. The second-order valence-electron chi connectivity index (χ2n) is 5.47. The summed E-state index contributed by atoms with van der Waals surface area (Å²) < 4.78 is 29.6. The predicted molar refractivity (Wildman–Crippen MR) is 90.1 cm³/mol. The summed E-state index contributed by atoms with van der Waals surface area (Å²) in [6.45, 7) is 0.402. The van der Waals surface area contributed by atoms with E-state index in [4.69, 9.17) is 11.6 Å². The van der Waals surface area contributed by atoms with Crippen LogP contribution >= 0.6 is 11.6 Å². The van der Waals surface area contributed by atoms with Gasteiger partial charge in [0, 0.05) is 32.6 Å². The number of nitrogens with zero attached hydrogens (tertiary/aromatic N) is 5. The summed E-state index contributed by atoms with van der Waals surface area (Å²) in [5.74, 6) is -0.876. The maximum Gasteiger partial charge on any atom is 0.292 e. The molecule has 0 unspecified atom stereocenters. The van der Waals surface area contributed by atoms with Crippen molar-refractivity contribution in [2.45, 2.75) is 6.54 Å². The van der Waals surface area contributed by atoms with E-state index >= 15 is 0 Å². The van der Waals surface area contributed by atoms with E-state index in [9.17, 15) is 13.6 Å². The van der Waals surface area contributed by atoms with Crippen LogP contribution in [0.5, 0.6) is 0 Å². The summed E-state index contributed by atoms with van der Waals surface area (Å²) in [5.41, 5.74) is -0.489. The Balaban J connectivity index is 1.98. The summed E-state index contributed by atoms with van der Waals surface area (Å²) in [6, 6.07) is 2.85. The molecule has 0 fully saturated rings. The van der Waals surface area contributed by atoms with Crippen LogP contribution in [0, 0.1) is 11.6 Å². The second kappa shape index (κ2) is 6.64. The fourth-order valence-electron chi connectivity index (χ4n) is 2.36. The van der Waals surface area contributed by atoms with Crippen LogP contribution in [0.15, 0.2) is 41.6 Å². The van der Waals surface area contributed by atoms with Gasteiger partial charge in [0.25, 0.3) is 5.56 Å². The number of anilines is 1. The summed E-state index contributed by atoms with van der Waals surface area (Å²) >= 11 is 6.17. The molecule has 1 aromatic carbocycles. The fourth-order valence-corrected chi connectivity index (χ4v) is 2.63. The molecule has 0 aliphatic rings. The maximum absolute atomic E-state index is 13.9. The van der Waals surface area contributed by atoms with Crippen LogP contribution in [0.3, 0.4) is 0 Å². The molecule has 0 aliphatic heterocycles. The first-order chi connectivity index (χ1) is 11.9. The Bertz CT molecular complexity index is 985. The van der Waals surface area contributed by atoms with Gasteiger partial charge in [-0.05, 0) is 12.1 Å². The van der Waals surface area contributed by atoms with E-state index in [2.05, 4.69) is 10.1 Å². The van der Waals surface area contributed by atoms with Crippen molar-refractivity contribution < 1.29 is 8.78 Å². The predicted octanol–water partition coefficient (Wildman–Crippen LogP) is 2.53. The van der Waals surface area contributed by atoms with Crippen LogP contribution in [-0.4, -0.2) is 26.4 Å². The molecule has 0 amide bonds. The molecule has 25 heavy (non-hydrogen) atoms. The molecular formula is C16H14ClF2N5O. The number of hydrogen-bond acceptors (Lipinski definition) is 4. The number of rotatable bonds is 4. The van der Waals surface area contributed by atoms with Gasteiger partial charge in [0.1, 0.15) is 22.4 Å². The molecule has 3 aromatic rings. The first-order valence-corrected chi connectivity index (χ1v) is 7.67. The highest BCUT2D eigenvalue weighted by molar-refractivity contribution is 6.33. The molecule has 0 aliphatic carbocycles. The van der Waals surface area contributed by atoms with E-state index in [1.165, 1.54) is 6.20 Å². The first kappa shape index (κ1) is 17.1. The van der Waals surface area contributed by atoms with E-state index in [1.54, 1.807) is 24.3 Å². The lowest BCUT2D eigenvalue weighted by Gasteiger charge is -2.20. The first-order valence-electron chi connectivity index (χ1n) is 7.29. The summed E-state index contributed by atoms with van der Waals surface area (Å²) in [7, 11) is 3.59. The molecule has 2 aromatic heterocycles. The number of hydrogen-bond donors (Lipinski definition) is 0. The van der Waals surface area contributed by atoms with Crippen LogP contribution in [0.25, 0.3) is 5.69 Å². The molecule has 0 N–H and O–H groups in total. The largest absolute Gasteiger partial charge is 0.364 e. The van der Waals surface area contributed by atoms with E-state index in [-0.39, 0.29) is 10.7 Å². The second-order valence-corrected chi connectivity index (χ2v) is 5.84. The Morgan fingerprint density at radius 1 is 1.32 bits per heavy atom. The van der Waals surface area contributed by atoms with Gasteiger partial charge >= 0.3 is 0 Å². The molecule has 0 spiro atoms. The Morgan fingerprint density at radius 3 is 2.72 bits per heavy atom. The molecule has 130 valence electrons. The highest BCUT2D eigenvalue weighted by Gasteiger charge is 2.17. The lowest BCUT2D eigenvalue weighted by atomic mass is 10.3. The summed E-state index contributed by atoms with van der Waals surface area (Å²) in [4.78, 5) is 18.4. The zero-order valence-corrected chi connectivity index (χ0v) is 14.2. The van der Waals surface area contributed by atoms with Crippen LogP contribution in [0.2, 0.25) is 5.02 Å². The molecule has 3 rings (SSSR count). The van der Waals surface area contributed by atoms with Crippen molar-refractivity contribution in [1.82, 2.24) is 19.3 Å². The Kier molecular flexibility index (Phi) is 4.54. The quantitative estimate of drug-likeness (QED) is 0.713. The minimum absolute atomic E-state index is 0.115. The van der Waals surface area contributed by atoms with Gasteiger partial charge < -0.3 is 9.47 Å². The van der Waals surface area contributed by atoms with Crippen molar-refractivity contribution in [3.05, 3.63) is 69.6 Å². The molecule has 0 atom stereocenters. The Labute approximate surface area is 146 Å². The third-order valence-corrected chi connectivity index (χ3v) is 4.10. The van der Waals surface area contributed by atoms with Crippen LogP contribution in [0.4, 0.5) is 14.5 Å². The van der Waals surface area contributed by atoms with E-state index < -0.39 is 17.2 Å². The van der Waals surface area contributed by atoms with E-state index in [1.807, 2.05) is 11.6 Å². The van der Waals surface area contributed by atoms with Gasteiger partial charge in [-0.2, -0.15) is 9.78 Å². The number of halogens is 3. The fraction of sp³-hybridized carbons (Fsp3) is 0.188. The molecule has 2 heterocycles. The monoisotopic (exact) mass is 365 g/mol. The van der Waals surface area contributed by atoms with Gasteiger partial charge in [-0.3, -0.25) is 4.79 Å². The molecule has 0 radical (unpaired) electrons. The van der Waals surface area contributed by atoms with Crippen molar-refractivity contribution in [1.29, 1.82) is 0 Å². The van der Waals surface area contributed by atoms with Crippen LogP contribution in [0.1, 0.15) is 5.82 Å². The van der Waals surface area contributed by atoms with Crippen LogP contribution < -0.4 is 10.5 Å². The maximum atomic E-state index is 13.9. The summed E-state index contributed by atoms with van der Waals surface area (Å²) in [6.07, 6.45) is 4.83. The normalized spacial score (nSPS) is 10.9. The number of aromatic nitrogens is 4. The molecule has 0 saturated heterocycles. The average molecular weight is 366 g/mol. The van der Waals surface area contributed by atoms with Crippen molar-refractivity contribution in [3.8, 4) is 5.69 Å². The Hall–Kier alpha value is -2.74. The third-order valence-electron chi connectivity index (χ3n) is 3.75. The standard InChI is InChI=1S/C16H14ClF2N5O/c1-22-6-5-20-14(22)9-23(2)13-8-21-24(16(25)15(13)17)12-4-3-10(18)7-11(12)19/h3-8H,9H2,1-2H3. The van der Waals surface area contributed by atoms with Gasteiger partial charge in [0.05, 0.1) is 18.4 Å². The molecular weight excluding hydrogens is 352 g/mol. The van der Waals surface area contributed by atoms with Crippen molar-refractivity contribution >= 4 is 17.3 Å². The van der Waals surface area contributed by atoms with Crippen LogP contribution in [-0.2, 0) is 13.6 Å². The minimum Gasteiger partial charge on any atom is -0.364 e. The zero-order chi connectivity index (χ0) is 18.1. The van der Waals surface area contributed by atoms with Gasteiger partial charge in [0.2, 0.25) is 0 Å². The molecule has 0 saturated carbocycles. The van der Waals surface area contributed by atoms with E-state index in [0.717, 1.165) is 22.6 Å². The average Bonchev–Trinajstić information content (AvgIpc) is 2.95. The molecule has 6 nitrogen and oxygen atoms in total. The van der Waals surface area contributed by atoms with Gasteiger partial charge in [-0.1, -0.05) is 11.6 Å². The van der Waals surface area contributed by atoms with Crippen molar-refractivity contribution in [2.75, 3.05) is 11.9 Å². The highest BCUT2D eigenvalue weighted by Crippen LogP contribution is 2.22. The third kappa shape index (κ3) is 3.25. The van der Waals surface area contributed by atoms with Gasteiger partial charge in [-0.15, -0.1) is 0 Å². The number of aryl methyl sites for hydroxylation is 1. The lowest BCUT2D eigenvalue weighted by Crippen LogP contribution is -2.27. The van der Waals surface area contributed by atoms with Crippen molar-refractivity contribution in [3.63, 3.8) is 0 Å². The highest BCUT2D eigenvalue weighted by atomic mass is 35.5. The number of imidazole rings is 1. The van der Waals surface area contributed by atoms with Gasteiger partial charge in [0.15, 0.2) is 5.82 Å².